The number of nitrogens with zero attached hydrogens (tertiary/aromatic N) is 1. The van der Waals surface area contributed by atoms with Crippen LogP contribution in [0.1, 0.15) is 12.0 Å². The summed E-state index contributed by atoms with van der Waals surface area (Å²) in [6, 6.07) is 6.35. The van der Waals surface area contributed by atoms with Gasteiger partial charge in [0.05, 0.1) is 16.4 Å². The first-order valence-electron chi connectivity index (χ1n) is 6.11. The van der Waals surface area contributed by atoms with Crippen molar-refractivity contribution in [3.63, 3.8) is 0 Å². The molecular weight excluding hydrogens is 268 g/mol. The largest absolute Gasteiger partial charge is 0.312 e. The number of sulfone groups is 1. The van der Waals surface area contributed by atoms with E-state index in [0.717, 1.165) is 12.0 Å². The van der Waals surface area contributed by atoms with Gasteiger partial charge in [-0.3, -0.25) is 10.1 Å². The van der Waals surface area contributed by atoms with Crippen molar-refractivity contribution in [2.75, 3.05) is 18.1 Å². The summed E-state index contributed by atoms with van der Waals surface area (Å²) in [6.45, 7) is 1.25. The maximum atomic E-state index is 11.3. The van der Waals surface area contributed by atoms with Gasteiger partial charge in [0.1, 0.15) is 0 Å². The van der Waals surface area contributed by atoms with Gasteiger partial charge in [0.25, 0.3) is 5.69 Å². The van der Waals surface area contributed by atoms with Gasteiger partial charge in [-0.05, 0) is 24.4 Å². The number of hydrogen-bond donors (Lipinski definition) is 1. The lowest BCUT2D eigenvalue weighted by Gasteiger charge is -2.09. The molecule has 0 aliphatic carbocycles. The van der Waals surface area contributed by atoms with Crippen LogP contribution in [0.2, 0.25) is 0 Å². The highest BCUT2D eigenvalue weighted by Crippen LogP contribution is 2.17. The Labute approximate surface area is 111 Å². The Hall–Kier alpha value is -1.47. The van der Waals surface area contributed by atoms with Gasteiger partial charge >= 0.3 is 0 Å². The molecule has 1 aliphatic rings. The molecule has 0 saturated carbocycles. The van der Waals surface area contributed by atoms with Gasteiger partial charge in [-0.2, -0.15) is 0 Å². The van der Waals surface area contributed by atoms with Crippen molar-refractivity contribution in [2.45, 2.75) is 13.0 Å². The second kappa shape index (κ2) is 5.66. The molecular formula is C12H16N2O4S. The molecule has 1 heterocycles. The van der Waals surface area contributed by atoms with E-state index in [1.54, 1.807) is 12.1 Å². The summed E-state index contributed by atoms with van der Waals surface area (Å²) in [5.74, 6) is 0.736. The molecule has 0 radical (unpaired) electrons. The molecule has 1 unspecified atom stereocenters. The molecule has 0 bridgehead atoms. The van der Waals surface area contributed by atoms with Crippen molar-refractivity contribution >= 4 is 15.5 Å². The van der Waals surface area contributed by atoms with E-state index in [1.165, 1.54) is 12.1 Å². The molecule has 1 fully saturated rings. The van der Waals surface area contributed by atoms with Crippen molar-refractivity contribution in [3.05, 3.63) is 39.9 Å². The Morgan fingerprint density at radius 2 is 2.00 bits per heavy atom. The summed E-state index contributed by atoms with van der Waals surface area (Å²) in [4.78, 5) is 10.1. The zero-order valence-electron chi connectivity index (χ0n) is 10.4. The van der Waals surface area contributed by atoms with Crippen LogP contribution in [-0.2, 0) is 16.4 Å². The third kappa shape index (κ3) is 4.00. The molecule has 1 saturated heterocycles. The Bertz CT molecular complexity index is 554. The van der Waals surface area contributed by atoms with E-state index in [2.05, 4.69) is 5.32 Å². The minimum Gasteiger partial charge on any atom is -0.312 e. The number of nitrogens with one attached hydrogen (secondary N) is 1. The van der Waals surface area contributed by atoms with Gasteiger partial charge in [-0.15, -0.1) is 0 Å². The van der Waals surface area contributed by atoms with Crippen LogP contribution in [0.3, 0.4) is 0 Å². The Morgan fingerprint density at radius 3 is 2.53 bits per heavy atom. The second-order valence-corrected chi connectivity index (χ2v) is 7.05. The normalized spacial score (nSPS) is 21.4. The van der Waals surface area contributed by atoms with Crippen LogP contribution < -0.4 is 5.32 Å². The van der Waals surface area contributed by atoms with Crippen LogP contribution >= 0.6 is 0 Å². The molecule has 1 atom stereocenters. The first-order valence-corrected chi connectivity index (χ1v) is 7.93. The SMILES string of the molecule is O=[N+]([O-])c1ccc(CNCC2CCS(=O)(=O)C2)cc1. The minimum atomic E-state index is -2.82. The fraction of sp³-hybridized carbons (Fsp3) is 0.500. The lowest BCUT2D eigenvalue weighted by atomic mass is 10.1. The van der Waals surface area contributed by atoms with E-state index >= 15 is 0 Å². The van der Waals surface area contributed by atoms with Crippen LogP contribution in [0.15, 0.2) is 24.3 Å². The third-order valence-electron chi connectivity index (χ3n) is 3.24. The van der Waals surface area contributed by atoms with Crippen LogP contribution in [0, 0.1) is 16.0 Å². The third-order valence-corrected chi connectivity index (χ3v) is 5.07. The highest BCUT2D eigenvalue weighted by Gasteiger charge is 2.27. The van der Waals surface area contributed by atoms with Crippen molar-refractivity contribution in [2.24, 2.45) is 5.92 Å². The maximum Gasteiger partial charge on any atom is 0.269 e. The predicted molar refractivity (Wildman–Crippen MR) is 71.6 cm³/mol. The van der Waals surface area contributed by atoms with E-state index in [9.17, 15) is 18.5 Å². The maximum absolute atomic E-state index is 11.3. The molecule has 0 spiro atoms. The molecule has 1 aliphatic heterocycles. The van der Waals surface area contributed by atoms with Crippen molar-refractivity contribution < 1.29 is 13.3 Å². The average Bonchev–Trinajstić information content (AvgIpc) is 2.69. The quantitative estimate of drug-likeness (QED) is 0.646. The summed E-state index contributed by atoms with van der Waals surface area (Å²) in [7, 11) is -2.82. The van der Waals surface area contributed by atoms with Gasteiger partial charge in [-0.1, -0.05) is 12.1 Å². The molecule has 1 aromatic carbocycles. The Kier molecular flexibility index (Phi) is 4.16. The fourth-order valence-electron chi connectivity index (χ4n) is 2.19. The van der Waals surface area contributed by atoms with Crippen molar-refractivity contribution in [1.82, 2.24) is 5.32 Å². The lowest BCUT2D eigenvalue weighted by Crippen LogP contribution is -2.23. The summed E-state index contributed by atoms with van der Waals surface area (Å²) in [5.41, 5.74) is 1.03. The number of benzene rings is 1. The molecule has 104 valence electrons. The molecule has 0 amide bonds. The van der Waals surface area contributed by atoms with Crippen LogP contribution in [0.4, 0.5) is 5.69 Å². The van der Waals surface area contributed by atoms with E-state index in [4.69, 9.17) is 0 Å². The van der Waals surface area contributed by atoms with Gasteiger partial charge in [0, 0.05) is 18.7 Å². The van der Waals surface area contributed by atoms with Crippen LogP contribution in [0.25, 0.3) is 0 Å². The molecule has 7 heteroatoms. The van der Waals surface area contributed by atoms with E-state index in [-0.39, 0.29) is 23.1 Å². The molecule has 6 nitrogen and oxygen atoms in total. The number of rotatable bonds is 5. The Morgan fingerprint density at radius 1 is 1.32 bits per heavy atom. The Balaban J connectivity index is 1.78. The summed E-state index contributed by atoms with van der Waals surface area (Å²) >= 11 is 0. The second-order valence-electron chi connectivity index (χ2n) is 4.82. The van der Waals surface area contributed by atoms with Crippen LogP contribution in [0.5, 0.6) is 0 Å². The van der Waals surface area contributed by atoms with Gasteiger partial charge in [0.15, 0.2) is 9.84 Å². The average molecular weight is 284 g/mol. The van der Waals surface area contributed by atoms with Crippen LogP contribution in [-0.4, -0.2) is 31.4 Å². The highest BCUT2D eigenvalue weighted by atomic mass is 32.2. The monoisotopic (exact) mass is 284 g/mol. The number of nitro groups is 1. The first kappa shape index (κ1) is 14.0. The standard InChI is InChI=1S/C12H16N2O4S/c15-14(16)12-3-1-10(2-4-12)7-13-8-11-5-6-19(17,18)9-11/h1-4,11,13H,5-9H2. The van der Waals surface area contributed by atoms with Crippen molar-refractivity contribution in [1.29, 1.82) is 0 Å². The fourth-order valence-corrected chi connectivity index (χ4v) is 4.05. The number of nitro benzene ring substituents is 1. The summed E-state index contributed by atoms with van der Waals surface area (Å²) < 4.78 is 22.6. The zero-order valence-corrected chi connectivity index (χ0v) is 11.2. The number of hydrogen-bond acceptors (Lipinski definition) is 5. The van der Waals surface area contributed by atoms with Crippen molar-refractivity contribution in [3.8, 4) is 0 Å². The van der Waals surface area contributed by atoms with Gasteiger partial charge in [0.2, 0.25) is 0 Å². The van der Waals surface area contributed by atoms with Gasteiger partial charge < -0.3 is 5.32 Å². The first-order chi connectivity index (χ1) is 8.96. The minimum absolute atomic E-state index is 0.0747. The van der Waals surface area contributed by atoms with E-state index in [0.29, 0.717) is 13.1 Å². The van der Waals surface area contributed by atoms with E-state index < -0.39 is 14.8 Å². The van der Waals surface area contributed by atoms with E-state index in [1.807, 2.05) is 0 Å². The van der Waals surface area contributed by atoms with Gasteiger partial charge in [-0.25, -0.2) is 8.42 Å². The molecule has 1 N–H and O–H groups in total. The highest BCUT2D eigenvalue weighted by molar-refractivity contribution is 7.91. The summed E-state index contributed by atoms with van der Waals surface area (Å²) in [6.07, 6.45) is 0.718. The molecule has 19 heavy (non-hydrogen) atoms. The smallest absolute Gasteiger partial charge is 0.269 e. The number of non-ortho nitro benzene ring substituents is 1. The molecule has 2 rings (SSSR count). The molecule has 1 aromatic rings. The predicted octanol–water partition coefficient (Wildman–Crippen LogP) is 1.12. The summed E-state index contributed by atoms with van der Waals surface area (Å²) in [5, 5.41) is 13.7. The topological polar surface area (TPSA) is 89.3 Å². The lowest BCUT2D eigenvalue weighted by molar-refractivity contribution is -0.384. The molecule has 0 aromatic heterocycles. The zero-order chi connectivity index (χ0) is 13.9.